The monoisotopic (exact) mass is 599 g/mol. The number of methoxy groups -OCH3 is 1. The summed E-state index contributed by atoms with van der Waals surface area (Å²) in [5, 5.41) is 58.8. The smallest absolute Gasteiger partial charge is 0.370 e. The molecule has 4 rings (SSSR count). The van der Waals surface area contributed by atoms with Crippen LogP contribution in [0.25, 0.3) is 11.3 Å². The normalized spacial score (nSPS) is 19.7. The third-order valence-corrected chi connectivity index (χ3v) is 7.23. The highest BCUT2D eigenvalue weighted by Gasteiger charge is 2.41. The Bertz CT molecular complexity index is 1410. The fraction of sp³-hybridized carbons (Fsp3) is 0.500. The van der Waals surface area contributed by atoms with Gasteiger partial charge in [-0.15, -0.1) is 10.2 Å². The number of hydrogen-bond donors (Lipinski definition) is 5. The molecular formula is C28H37N7O8. The standard InChI is InChI=1S/C28H37N7O8/c1-17-22(12-24(28(40)41)43-27(17)26(39)23(37)15-36)35-14-21(31-33-35)19-8-5-6-9-20(19)29-25(38)10-4-3-7-11-34-13-18(16-42-2)30-32-34/h5-6,8-9,12-14,17,22-23,26-27,36-37,39H,3-4,7,10-11,15-16H2,1-2H3,(H,29,38)(H,40,41)/t17-,22+,23-,26-,27-/m1/s1. The van der Waals surface area contributed by atoms with Crippen LogP contribution in [-0.4, -0.2) is 94.3 Å². The van der Waals surface area contributed by atoms with Crippen molar-refractivity contribution in [1.82, 2.24) is 30.0 Å². The highest BCUT2D eigenvalue weighted by molar-refractivity contribution is 5.94. The van der Waals surface area contributed by atoms with Gasteiger partial charge >= 0.3 is 5.97 Å². The Labute approximate surface area is 247 Å². The first-order valence-corrected chi connectivity index (χ1v) is 14.0. The fourth-order valence-corrected chi connectivity index (χ4v) is 4.91. The van der Waals surface area contributed by atoms with E-state index in [1.54, 1.807) is 49.2 Å². The number of carboxylic acid groups (broad SMARTS) is 1. The number of para-hydroxylation sites is 1. The molecule has 0 radical (unpaired) electrons. The van der Waals surface area contributed by atoms with Crippen LogP contribution in [0.15, 0.2) is 48.5 Å². The number of hydrogen-bond acceptors (Lipinski definition) is 11. The van der Waals surface area contributed by atoms with E-state index in [-0.39, 0.29) is 5.91 Å². The number of aryl methyl sites for hydroxylation is 1. The van der Waals surface area contributed by atoms with Crippen molar-refractivity contribution < 1.29 is 39.5 Å². The number of benzene rings is 1. The zero-order valence-electron chi connectivity index (χ0n) is 24.0. The SMILES string of the molecule is COCc1cn(CCCCCC(=O)Nc2ccccc2-c2cn([C@H]3C=C(C(=O)O)O[C@@H]([C@H](O)[C@H](O)CO)[C@@H]3C)nn2)nn1. The van der Waals surface area contributed by atoms with Gasteiger partial charge in [-0.25, -0.2) is 9.48 Å². The molecule has 1 aliphatic heterocycles. The summed E-state index contributed by atoms with van der Waals surface area (Å²) in [6.45, 7) is 2.10. The van der Waals surface area contributed by atoms with Gasteiger partial charge in [0.2, 0.25) is 11.7 Å². The number of amides is 1. The Morgan fingerprint density at radius 1 is 1.12 bits per heavy atom. The van der Waals surface area contributed by atoms with E-state index < -0.39 is 48.6 Å². The van der Waals surface area contributed by atoms with Crippen molar-refractivity contribution in [3.63, 3.8) is 0 Å². The molecule has 0 aliphatic carbocycles. The largest absolute Gasteiger partial charge is 0.480 e. The molecule has 0 spiro atoms. The number of anilines is 1. The molecule has 3 heterocycles. The van der Waals surface area contributed by atoms with E-state index in [9.17, 15) is 30.0 Å². The summed E-state index contributed by atoms with van der Waals surface area (Å²) in [4.78, 5) is 24.5. The van der Waals surface area contributed by atoms with Crippen LogP contribution in [0, 0.1) is 5.92 Å². The quantitative estimate of drug-likeness (QED) is 0.156. The van der Waals surface area contributed by atoms with Crippen LogP contribution in [-0.2, 0) is 32.2 Å². The van der Waals surface area contributed by atoms with Crippen molar-refractivity contribution in [2.45, 2.75) is 70.1 Å². The van der Waals surface area contributed by atoms with E-state index in [1.807, 2.05) is 6.20 Å². The number of unbranched alkanes of at least 4 members (excludes halogenated alkanes) is 2. The van der Waals surface area contributed by atoms with Crippen LogP contribution in [0.2, 0.25) is 0 Å². The number of aliphatic hydroxyl groups excluding tert-OH is 3. The van der Waals surface area contributed by atoms with Crippen molar-refractivity contribution >= 4 is 17.6 Å². The lowest BCUT2D eigenvalue weighted by molar-refractivity contribution is -0.148. The van der Waals surface area contributed by atoms with Crippen LogP contribution < -0.4 is 5.32 Å². The zero-order chi connectivity index (χ0) is 30.9. The summed E-state index contributed by atoms with van der Waals surface area (Å²) in [7, 11) is 1.60. The number of aliphatic hydroxyl groups is 3. The predicted molar refractivity (Wildman–Crippen MR) is 151 cm³/mol. The summed E-state index contributed by atoms with van der Waals surface area (Å²) in [5.74, 6) is -2.47. The van der Waals surface area contributed by atoms with Crippen LogP contribution in [0.3, 0.4) is 0 Å². The minimum Gasteiger partial charge on any atom is -0.480 e. The second kappa shape index (κ2) is 14.8. The Morgan fingerprint density at radius 2 is 1.91 bits per heavy atom. The molecule has 0 bridgehead atoms. The third kappa shape index (κ3) is 8.01. The van der Waals surface area contributed by atoms with Crippen molar-refractivity contribution in [2.75, 3.05) is 19.0 Å². The first-order valence-electron chi connectivity index (χ1n) is 14.0. The Kier molecular flexibility index (Phi) is 10.9. The number of rotatable bonds is 15. The molecule has 5 N–H and O–H groups in total. The van der Waals surface area contributed by atoms with Crippen molar-refractivity contribution in [1.29, 1.82) is 0 Å². The predicted octanol–water partition coefficient (Wildman–Crippen LogP) is 1.14. The summed E-state index contributed by atoms with van der Waals surface area (Å²) in [6, 6.07) is 6.44. The van der Waals surface area contributed by atoms with Gasteiger partial charge in [-0.1, -0.05) is 42.0 Å². The maximum atomic E-state index is 12.7. The van der Waals surface area contributed by atoms with E-state index in [4.69, 9.17) is 9.47 Å². The minimum atomic E-state index is -1.54. The molecule has 1 amide bonds. The van der Waals surface area contributed by atoms with Gasteiger partial charge < -0.3 is 35.2 Å². The molecule has 3 aromatic rings. The molecule has 0 saturated carbocycles. The molecule has 0 unspecified atom stereocenters. The number of ether oxygens (including phenoxy) is 2. The van der Waals surface area contributed by atoms with Crippen LogP contribution in [0.1, 0.15) is 44.3 Å². The molecular weight excluding hydrogens is 562 g/mol. The molecule has 43 heavy (non-hydrogen) atoms. The minimum absolute atomic E-state index is 0.144. The fourth-order valence-electron chi connectivity index (χ4n) is 4.91. The van der Waals surface area contributed by atoms with Crippen LogP contribution in [0.5, 0.6) is 0 Å². The van der Waals surface area contributed by atoms with Crippen molar-refractivity contribution in [3.8, 4) is 11.3 Å². The van der Waals surface area contributed by atoms with Gasteiger partial charge in [-0.05, 0) is 25.0 Å². The number of nitrogens with zero attached hydrogens (tertiary/aromatic N) is 6. The summed E-state index contributed by atoms with van der Waals surface area (Å²) < 4.78 is 13.7. The van der Waals surface area contributed by atoms with Gasteiger partial charge in [0.15, 0.2) is 0 Å². The average Bonchev–Trinajstić information content (AvgIpc) is 3.67. The number of carboxylic acids is 1. The molecule has 2 aromatic heterocycles. The van der Waals surface area contributed by atoms with Gasteiger partial charge in [0.05, 0.1) is 37.3 Å². The highest BCUT2D eigenvalue weighted by Crippen LogP contribution is 2.35. The molecule has 0 fully saturated rings. The van der Waals surface area contributed by atoms with Gasteiger partial charge in [0.1, 0.15) is 29.7 Å². The third-order valence-electron chi connectivity index (χ3n) is 7.23. The second-order valence-electron chi connectivity index (χ2n) is 10.4. The number of carbonyl (C=O) groups is 2. The maximum Gasteiger partial charge on any atom is 0.370 e. The lowest BCUT2D eigenvalue weighted by atomic mass is 9.87. The molecule has 5 atom stereocenters. The maximum absolute atomic E-state index is 12.7. The number of nitrogens with one attached hydrogen (secondary N) is 1. The van der Waals surface area contributed by atoms with Gasteiger partial charge in [0, 0.05) is 31.6 Å². The first kappa shape index (κ1) is 31.7. The topological polar surface area (TPSA) is 207 Å². The average molecular weight is 600 g/mol. The molecule has 0 saturated heterocycles. The molecule has 1 aromatic carbocycles. The molecule has 232 valence electrons. The molecule has 15 nitrogen and oxygen atoms in total. The van der Waals surface area contributed by atoms with Crippen molar-refractivity contribution in [3.05, 3.63) is 54.2 Å². The number of aromatic nitrogens is 6. The highest BCUT2D eigenvalue weighted by atomic mass is 16.5. The summed E-state index contributed by atoms with van der Waals surface area (Å²) in [5.41, 5.74) is 2.38. The lowest BCUT2D eigenvalue weighted by Gasteiger charge is -2.37. The summed E-state index contributed by atoms with van der Waals surface area (Å²) in [6.07, 6.45) is 3.33. The van der Waals surface area contributed by atoms with E-state index >= 15 is 0 Å². The van der Waals surface area contributed by atoms with E-state index in [2.05, 4.69) is 25.9 Å². The Balaban J connectivity index is 1.39. The van der Waals surface area contributed by atoms with Crippen molar-refractivity contribution in [2.24, 2.45) is 5.92 Å². The second-order valence-corrected chi connectivity index (χ2v) is 10.4. The van der Waals surface area contributed by atoms with Gasteiger partial charge in [-0.2, -0.15) is 0 Å². The van der Waals surface area contributed by atoms with E-state index in [0.717, 1.165) is 18.5 Å². The zero-order valence-corrected chi connectivity index (χ0v) is 24.0. The first-order chi connectivity index (χ1) is 20.7. The Hall–Kier alpha value is -4.18. The van der Waals surface area contributed by atoms with Gasteiger partial charge in [-0.3, -0.25) is 9.48 Å². The number of aliphatic carboxylic acids is 1. The number of carbonyl (C=O) groups excluding carboxylic acids is 1. The molecule has 15 heteroatoms. The Morgan fingerprint density at radius 3 is 2.65 bits per heavy atom. The van der Waals surface area contributed by atoms with E-state index in [0.29, 0.717) is 42.9 Å². The van der Waals surface area contributed by atoms with Crippen LogP contribution >= 0.6 is 0 Å². The van der Waals surface area contributed by atoms with Gasteiger partial charge in [0.25, 0.3) is 0 Å². The molecule has 1 aliphatic rings. The lowest BCUT2D eigenvalue weighted by Crippen LogP contribution is -2.48. The van der Waals surface area contributed by atoms with E-state index in [1.165, 1.54) is 10.8 Å². The number of allylic oxidation sites excluding steroid dienone is 1. The summed E-state index contributed by atoms with van der Waals surface area (Å²) >= 11 is 0. The van der Waals surface area contributed by atoms with Crippen LogP contribution in [0.4, 0.5) is 5.69 Å².